The van der Waals surface area contributed by atoms with Gasteiger partial charge in [0.2, 0.25) is 5.91 Å². The summed E-state index contributed by atoms with van der Waals surface area (Å²) in [6.07, 6.45) is 0.969. The number of hydrogen-bond donors (Lipinski definition) is 2. The highest BCUT2D eigenvalue weighted by atomic mass is 16.1. The van der Waals surface area contributed by atoms with Crippen LogP contribution in [0.25, 0.3) is 0 Å². The number of nitrogens with zero attached hydrogens (tertiary/aromatic N) is 1. The maximum Gasteiger partial charge on any atom is 0.248 e. The number of carbonyl (C=O) groups excluding carboxylic acids is 1. The van der Waals surface area contributed by atoms with Crippen molar-refractivity contribution in [2.45, 2.75) is 19.4 Å². The lowest BCUT2D eigenvalue weighted by molar-refractivity contribution is 0.100. The van der Waals surface area contributed by atoms with E-state index in [1.807, 2.05) is 12.1 Å². The van der Waals surface area contributed by atoms with E-state index < -0.39 is 5.91 Å². The molecule has 102 valence electrons. The quantitative estimate of drug-likeness (QED) is 0.821. The van der Waals surface area contributed by atoms with E-state index in [0.29, 0.717) is 17.3 Å². The third-order valence-electron chi connectivity index (χ3n) is 3.78. The van der Waals surface area contributed by atoms with Crippen molar-refractivity contribution in [3.63, 3.8) is 0 Å². The molecule has 1 amide bonds. The van der Waals surface area contributed by atoms with Gasteiger partial charge in [-0.3, -0.25) is 4.79 Å². The number of benzene rings is 2. The van der Waals surface area contributed by atoms with Crippen LogP contribution in [0.4, 0.5) is 17.1 Å². The van der Waals surface area contributed by atoms with Crippen molar-refractivity contribution >= 4 is 23.0 Å². The lowest BCUT2D eigenvalue weighted by Crippen LogP contribution is -2.25. The summed E-state index contributed by atoms with van der Waals surface area (Å²) >= 11 is 0. The molecule has 0 saturated carbocycles. The van der Waals surface area contributed by atoms with Crippen LogP contribution >= 0.6 is 0 Å². The second-order valence-corrected chi connectivity index (χ2v) is 5.19. The van der Waals surface area contributed by atoms with Crippen LogP contribution in [0.1, 0.15) is 22.8 Å². The van der Waals surface area contributed by atoms with Crippen LogP contribution in [0.3, 0.4) is 0 Å². The fourth-order valence-corrected chi connectivity index (χ4v) is 2.84. The van der Waals surface area contributed by atoms with Gasteiger partial charge in [0.05, 0.1) is 11.4 Å². The average molecular weight is 267 g/mol. The summed E-state index contributed by atoms with van der Waals surface area (Å²) in [5.74, 6) is -0.439. The highest BCUT2D eigenvalue weighted by Gasteiger charge is 2.28. The van der Waals surface area contributed by atoms with Crippen molar-refractivity contribution < 1.29 is 4.79 Å². The lowest BCUT2D eigenvalue weighted by atomic mass is 10.1. The van der Waals surface area contributed by atoms with Gasteiger partial charge in [0.1, 0.15) is 0 Å². The topological polar surface area (TPSA) is 72.3 Å². The minimum atomic E-state index is -0.439. The number of primary amides is 1. The first-order valence-electron chi connectivity index (χ1n) is 6.64. The molecule has 0 saturated heterocycles. The van der Waals surface area contributed by atoms with Crippen molar-refractivity contribution in [1.82, 2.24) is 0 Å². The van der Waals surface area contributed by atoms with E-state index in [0.717, 1.165) is 17.8 Å². The summed E-state index contributed by atoms with van der Waals surface area (Å²) in [7, 11) is 0. The zero-order valence-corrected chi connectivity index (χ0v) is 11.3. The molecular formula is C16H17N3O. The Labute approximate surface area is 118 Å². The lowest BCUT2D eigenvalue weighted by Gasteiger charge is -2.26. The molecule has 0 spiro atoms. The van der Waals surface area contributed by atoms with Crippen molar-refractivity contribution in [3.8, 4) is 0 Å². The molecule has 0 aromatic heterocycles. The fourth-order valence-electron chi connectivity index (χ4n) is 2.84. The summed E-state index contributed by atoms with van der Waals surface area (Å²) in [5.41, 5.74) is 15.9. The van der Waals surface area contributed by atoms with E-state index in [4.69, 9.17) is 11.5 Å². The number of carbonyl (C=O) groups is 1. The number of nitrogens with two attached hydrogens (primary N) is 2. The molecule has 1 unspecified atom stereocenters. The molecule has 0 radical (unpaired) electrons. The molecular weight excluding hydrogens is 250 g/mol. The van der Waals surface area contributed by atoms with Crippen molar-refractivity contribution in [3.05, 3.63) is 53.6 Å². The molecule has 4 heteroatoms. The zero-order valence-electron chi connectivity index (χ0n) is 11.3. The predicted molar refractivity (Wildman–Crippen MR) is 81.1 cm³/mol. The first kappa shape index (κ1) is 12.5. The Kier molecular flexibility index (Phi) is 2.86. The smallest absolute Gasteiger partial charge is 0.248 e. The van der Waals surface area contributed by atoms with E-state index in [1.165, 1.54) is 5.56 Å². The molecule has 1 atom stereocenters. The molecule has 2 aromatic carbocycles. The molecule has 4 N–H and O–H groups in total. The van der Waals surface area contributed by atoms with Gasteiger partial charge >= 0.3 is 0 Å². The Balaban J connectivity index is 2.13. The van der Waals surface area contributed by atoms with Crippen LogP contribution in [0, 0.1) is 0 Å². The molecule has 3 rings (SSSR count). The number of amides is 1. The molecule has 0 aliphatic carbocycles. The molecule has 0 fully saturated rings. The van der Waals surface area contributed by atoms with Crippen LogP contribution in [0.5, 0.6) is 0 Å². The van der Waals surface area contributed by atoms with Gasteiger partial charge in [0.25, 0.3) is 0 Å². The van der Waals surface area contributed by atoms with Crippen LogP contribution in [0.15, 0.2) is 42.5 Å². The highest BCUT2D eigenvalue weighted by Crippen LogP contribution is 2.40. The van der Waals surface area contributed by atoms with Crippen molar-refractivity contribution in [2.75, 3.05) is 10.6 Å². The number of hydrogen-bond acceptors (Lipinski definition) is 3. The molecule has 0 bridgehead atoms. The Morgan fingerprint density at radius 2 is 1.95 bits per heavy atom. The van der Waals surface area contributed by atoms with Gasteiger partial charge in [-0.25, -0.2) is 0 Å². The van der Waals surface area contributed by atoms with Gasteiger partial charge in [-0.05, 0) is 43.2 Å². The number of para-hydroxylation sites is 1. The standard InChI is InChI=1S/C16H17N3O/c1-10-8-11-4-2-3-5-14(11)19(10)15-9-12(16(18)20)6-7-13(15)17/h2-7,9-10H,8,17H2,1H3,(H2,18,20). The monoisotopic (exact) mass is 267 g/mol. The zero-order chi connectivity index (χ0) is 14.3. The Morgan fingerprint density at radius 3 is 2.70 bits per heavy atom. The molecule has 2 aromatic rings. The van der Waals surface area contributed by atoms with Gasteiger partial charge < -0.3 is 16.4 Å². The number of fused-ring (bicyclic) bond motifs is 1. The number of nitrogen functional groups attached to an aromatic ring is 1. The predicted octanol–water partition coefficient (Wildman–Crippen LogP) is 2.45. The largest absolute Gasteiger partial charge is 0.397 e. The summed E-state index contributed by atoms with van der Waals surface area (Å²) in [6.45, 7) is 2.15. The maximum absolute atomic E-state index is 11.4. The Hall–Kier alpha value is -2.49. The minimum Gasteiger partial charge on any atom is -0.397 e. The summed E-state index contributed by atoms with van der Waals surface area (Å²) < 4.78 is 0. The van der Waals surface area contributed by atoms with E-state index in [-0.39, 0.29) is 0 Å². The number of rotatable bonds is 2. The summed E-state index contributed by atoms with van der Waals surface area (Å²) in [4.78, 5) is 13.5. The average Bonchev–Trinajstić information content (AvgIpc) is 2.75. The van der Waals surface area contributed by atoms with E-state index in [1.54, 1.807) is 18.2 Å². The first-order valence-corrected chi connectivity index (χ1v) is 6.64. The SMILES string of the molecule is CC1Cc2ccccc2N1c1cc(C(N)=O)ccc1N. The van der Waals surface area contributed by atoms with Gasteiger partial charge in [-0.1, -0.05) is 18.2 Å². The minimum absolute atomic E-state index is 0.304. The van der Waals surface area contributed by atoms with Crippen molar-refractivity contribution in [2.24, 2.45) is 5.73 Å². The Morgan fingerprint density at radius 1 is 1.20 bits per heavy atom. The molecule has 4 nitrogen and oxygen atoms in total. The second-order valence-electron chi connectivity index (χ2n) is 5.19. The normalized spacial score (nSPS) is 17.1. The molecule has 1 aliphatic rings. The fraction of sp³-hybridized carbons (Fsp3) is 0.188. The Bertz CT molecular complexity index is 681. The second kappa shape index (κ2) is 4.56. The third-order valence-corrected chi connectivity index (χ3v) is 3.78. The summed E-state index contributed by atoms with van der Waals surface area (Å²) in [6, 6.07) is 13.7. The van der Waals surface area contributed by atoms with E-state index in [9.17, 15) is 4.79 Å². The van der Waals surface area contributed by atoms with E-state index >= 15 is 0 Å². The van der Waals surface area contributed by atoms with Gasteiger partial charge in [-0.15, -0.1) is 0 Å². The van der Waals surface area contributed by atoms with Crippen LogP contribution in [0.2, 0.25) is 0 Å². The van der Waals surface area contributed by atoms with E-state index in [2.05, 4.69) is 24.0 Å². The first-order chi connectivity index (χ1) is 9.58. The van der Waals surface area contributed by atoms with Crippen LogP contribution in [-0.4, -0.2) is 11.9 Å². The highest BCUT2D eigenvalue weighted by molar-refractivity contribution is 5.95. The van der Waals surface area contributed by atoms with Crippen LogP contribution in [-0.2, 0) is 6.42 Å². The van der Waals surface area contributed by atoms with Crippen LogP contribution < -0.4 is 16.4 Å². The van der Waals surface area contributed by atoms with Crippen molar-refractivity contribution in [1.29, 1.82) is 0 Å². The number of anilines is 3. The maximum atomic E-state index is 11.4. The third kappa shape index (κ3) is 1.90. The molecule has 1 aliphatic heterocycles. The van der Waals surface area contributed by atoms with Gasteiger partial charge in [0, 0.05) is 17.3 Å². The molecule has 20 heavy (non-hydrogen) atoms. The molecule has 1 heterocycles. The summed E-state index contributed by atoms with van der Waals surface area (Å²) in [5, 5.41) is 0. The van der Waals surface area contributed by atoms with Gasteiger partial charge in [0.15, 0.2) is 0 Å². The van der Waals surface area contributed by atoms with Gasteiger partial charge in [-0.2, -0.15) is 0 Å².